The van der Waals surface area contributed by atoms with Crippen molar-refractivity contribution < 1.29 is 4.79 Å². The van der Waals surface area contributed by atoms with Gasteiger partial charge in [0.25, 0.3) is 0 Å². The van der Waals surface area contributed by atoms with Crippen molar-refractivity contribution in [3.8, 4) is 0 Å². The maximum absolute atomic E-state index is 12.5. The Morgan fingerprint density at radius 3 is 2.50 bits per heavy atom. The fourth-order valence-corrected chi connectivity index (χ4v) is 4.89. The van der Waals surface area contributed by atoms with Gasteiger partial charge in [-0.3, -0.25) is 0 Å². The Bertz CT molecular complexity index is 564. The lowest BCUT2D eigenvalue weighted by Gasteiger charge is -2.37. The highest BCUT2D eigenvalue weighted by Gasteiger charge is 2.28. The third-order valence-corrected chi connectivity index (χ3v) is 5.95. The Balaban J connectivity index is 1.49. The molecule has 2 atom stereocenters. The SMILES string of the molecule is Cc1cccc(N2CCC(NC(=O)N3C[C@@H](C)S[C@@H](C)C3)CC2)n1. The van der Waals surface area contributed by atoms with E-state index in [1.807, 2.05) is 29.7 Å². The number of nitrogens with zero attached hydrogens (tertiary/aromatic N) is 3. The summed E-state index contributed by atoms with van der Waals surface area (Å²) >= 11 is 1.97. The van der Waals surface area contributed by atoms with Crippen molar-refractivity contribution in [2.24, 2.45) is 0 Å². The highest BCUT2D eigenvalue weighted by molar-refractivity contribution is 8.00. The zero-order valence-corrected chi connectivity index (χ0v) is 15.7. The van der Waals surface area contributed by atoms with Crippen LogP contribution in [0, 0.1) is 6.92 Å². The second-order valence-corrected chi connectivity index (χ2v) is 8.89. The molecule has 5 nitrogen and oxygen atoms in total. The minimum Gasteiger partial charge on any atom is -0.356 e. The molecule has 0 bridgehead atoms. The molecule has 2 saturated heterocycles. The summed E-state index contributed by atoms with van der Waals surface area (Å²) in [5, 5.41) is 4.29. The van der Waals surface area contributed by atoms with Gasteiger partial charge in [-0.2, -0.15) is 11.8 Å². The molecule has 132 valence electrons. The number of hydrogen-bond donors (Lipinski definition) is 1. The lowest BCUT2D eigenvalue weighted by Crippen LogP contribution is -2.53. The Hall–Kier alpha value is -1.43. The number of pyridine rings is 1. The van der Waals surface area contributed by atoms with E-state index in [9.17, 15) is 4.79 Å². The number of anilines is 1. The van der Waals surface area contributed by atoms with Gasteiger partial charge in [-0.25, -0.2) is 9.78 Å². The molecule has 2 aliphatic rings. The number of thioether (sulfide) groups is 1. The van der Waals surface area contributed by atoms with E-state index in [2.05, 4.69) is 41.2 Å². The van der Waals surface area contributed by atoms with Gasteiger partial charge in [0.2, 0.25) is 0 Å². The molecule has 24 heavy (non-hydrogen) atoms. The Kier molecular flexibility index (Phi) is 5.54. The number of aryl methyl sites for hydroxylation is 1. The van der Waals surface area contributed by atoms with E-state index >= 15 is 0 Å². The van der Waals surface area contributed by atoms with Gasteiger partial charge < -0.3 is 15.1 Å². The van der Waals surface area contributed by atoms with E-state index in [0.29, 0.717) is 10.5 Å². The number of piperidine rings is 1. The zero-order valence-electron chi connectivity index (χ0n) is 14.9. The maximum Gasteiger partial charge on any atom is 0.317 e. The first kappa shape index (κ1) is 17.4. The summed E-state index contributed by atoms with van der Waals surface area (Å²) in [6.45, 7) is 10.0. The molecule has 2 aliphatic heterocycles. The van der Waals surface area contributed by atoms with Crippen LogP contribution in [0.15, 0.2) is 18.2 Å². The molecular formula is C18H28N4OS. The van der Waals surface area contributed by atoms with Crippen LogP contribution in [0.25, 0.3) is 0 Å². The number of rotatable bonds is 2. The van der Waals surface area contributed by atoms with Crippen LogP contribution in [0.5, 0.6) is 0 Å². The van der Waals surface area contributed by atoms with Crippen LogP contribution in [-0.4, -0.2) is 58.6 Å². The average Bonchev–Trinajstić information content (AvgIpc) is 2.54. The van der Waals surface area contributed by atoms with E-state index in [4.69, 9.17) is 0 Å². The fourth-order valence-electron chi connectivity index (χ4n) is 3.57. The molecule has 1 aromatic heterocycles. The first-order valence-corrected chi connectivity index (χ1v) is 9.85. The molecule has 0 saturated carbocycles. The summed E-state index contributed by atoms with van der Waals surface area (Å²) in [7, 11) is 0. The van der Waals surface area contributed by atoms with Crippen LogP contribution < -0.4 is 10.2 Å². The lowest BCUT2D eigenvalue weighted by molar-refractivity contribution is 0.190. The summed E-state index contributed by atoms with van der Waals surface area (Å²) in [5.41, 5.74) is 1.05. The predicted molar refractivity (Wildman–Crippen MR) is 101 cm³/mol. The quantitative estimate of drug-likeness (QED) is 0.893. The Morgan fingerprint density at radius 1 is 1.21 bits per heavy atom. The summed E-state index contributed by atoms with van der Waals surface area (Å²) in [5.74, 6) is 1.05. The number of amides is 2. The minimum absolute atomic E-state index is 0.112. The van der Waals surface area contributed by atoms with Gasteiger partial charge in [-0.1, -0.05) is 19.9 Å². The van der Waals surface area contributed by atoms with E-state index in [-0.39, 0.29) is 12.1 Å². The highest BCUT2D eigenvalue weighted by atomic mass is 32.2. The molecular weight excluding hydrogens is 320 g/mol. The largest absolute Gasteiger partial charge is 0.356 e. The molecule has 1 N–H and O–H groups in total. The van der Waals surface area contributed by atoms with Gasteiger partial charge in [-0.15, -0.1) is 0 Å². The standard InChI is InChI=1S/C18H28N4OS/c1-13-5-4-6-17(19-13)21-9-7-16(8-10-21)20-18(23)22-11-14(2)24-15(3)12-22/h4-6,14-16H,7-12H2,1-3H3,(H,20,23)/t14-,15+. The van der Waals surface area contributed by atoms with Gasteiger partial charge in [0, 0.05) is 48.4 Å². The summed E-state index contributed by atoms with van der Waals surface area (Å²) in [4.78, 5) is 21.4. The zero-order chi connectivity index (χ0) is 17.1. The van der Waals surface area contributed by atoms with E-state index < -0.39 is 0 Å². The normalized spacial score (nSPS) is 25.6. The number of urea groups is 1. The second kappa shape index (κ2) is 7.64. The average molecular weight is 349 g/mol. The van der Waals surface area contributed by atoms with Crippen LogP contribution in [0.2, 0.25) is 0 Å². The third-order valence-electron chi connectivity index (χ3n) is 4.73. The van der Waals surface area contributed by atoms with Gasteiger partial charge in [0.05, 0.1) is 0 Å². The summed E-state index contributed by atoms with van der Waals surface area (Å²) in [6.07, 6.45) is 1.96. The molecule has 3 heterocycles. The molecule has 0 aromatic carbocycles. The number of aromatic nitrogens is 1. The second-order valence-electron chi connectivity index (χ2n) is 7.01. The Labute approximate surface area is 149 Å². The number of carbonyl (C=O) groups excluding carboxylic acids is 1. The third kappa shape index (κ3) is 4.35. The van der Waals surface area contributed by atoms with Crippen LogP contribution in [0.3, 0.4) is 0 Å². The number of carbonyl (C=O) groups is 1. The smallest absolute Gasteiger partial charge is 0.317 e. The monoisotopic (exact) mass is 348 g/mol. The van der Waals surface area contributed by atoms with Gasteiger partial charge >= 0.3 is 6.03 Å². The van der Waals surface area contributed by atoms with Gasteiger partial charge in [0.15, 0.2) is 0 Å². The van der Waals surface area contributed by atoms with Crippen molar-refractivity contribution in [3.63, 3.8) is 0 Å². The van der Waals surface area contributed by atoms with E-state index in [1.54, 1.807) is 0 Å². The molecule has 0 aliphatic carbocycles. The van der Waals surface area contributed by atoms with Crippen molar-refractivity contribution in [1.82, 2.24) is 15.2 Å². The molecule has 0 spiro atoms. The topological polar surface area (TPSA) is 48.5 Å². The van der Waals surface area contributed by atoms with Gasteiger partial charge in [-0.05, 0) is 31.9 Å². The molecule has 2 amide bonds. The number of hydrogen-bond acceptors (Lipinski definition) is 4. The molecule has 6 heteroatoms. The van der Waals surface area contributed by atoms with Crippen molar-refractivity contribution in [3.05, 3.63) is 23.9 Å². The van der Waals surface area contributed by atoms with Crippen LogP contribution in [0.4, 0.5) is 10.6 Å². The molecule has 1 aromatic rings. The summed E-state index contributed by atoms with van der Waals surface area (Å²) < 4.78 is 0. The molecule has 0 radical (unpaired) electrons. The first-order chi connectivity index (χ1) is 11.5. The molecule has 0 unspecified atom stereocenters. The van der Waals surface area contributed by atoms with Crippen LogP contribution >= 0.6 is 11.8 Å². The first-order valence-electron chi connectivity index (χ1n) is 8.91. The van der Waals surface area contributed by atoms with E-state index in [0.717, 1.165) is 50.5 Å². The maximum atomic E-state index is 12.5. The predicted octanol–water partition coefficient (Wildman–Crippen LogP) is 2.89. The minimum atomic E-state index is 0.112. The molecule has 2 fully saturated rings. The highest BCUT2D eigenvalue weighted by Crippen LogP contribution is 2.25. The van der Waals surface area contributed by atoms with Crippen molar-refractivity contribution in [2.75, 3.05) is 31.1 Å². The number of nitrogens with one attached hydrogen (secondary N) is 1. The fraction of sp³-hybridized carbons (Fsp3) is 0.667. The van der Waals surface area contributed by atoms with Crippen molar-refractivity contribution >= 4 is 23.6 Å². The van der Waals surface area contributed by atoms with Crippen LogP contribution in [-0.2, 0) is 0 Å². The van der Waals surface area contributed by atoms with Crippen molar-refractivity contribution in [2.45, 2.75) is 50.2 Å². The van der Waals surface area contributed by atoms with Gasteiger partial charge in [0.1, 0.15) is 5.82 Å². The summed E-state index contributed by atoms with van der Waals surface area (Å²) in [6, 6.07) is 6.54. The van der Waals surface area contributed by atoms with E-state index in [1.165, 1.54) is 0 Å². The lowest BCUT2D eigenvalue weighted by atomic mass is 10.1. The van der Waals surface area contributed by atoms with Crippen LogP contribution in [0.1, 0.15) is 32.4 Å². The Morgan fingerprint density at radius 2 is 1.88 bits per heavy atom. The molecule has 3 rings (SSSR count). The van der Waals surface area contributed by atoms with Crippen molar-refractivity contribution in [1.29, 1.82) is 0 Å².